The molecule has 0 spiro atoms. The summed E-state index contributed by atoms with van der Waals surface area (Å²) < 4.78 is 5.34. The van der Waals surface area contributed by atoms with Gasteiger partial charge >= 0.3 is 0 Å². The van der Waals surface area contributed by atoms with E-state index in [0.29, 0.717) is 12.0 Å². The van der Waals surface area contributed by atoms with Crippen LogP contribution in [0.2, 0.25) is 0 Å². The van der Waals surface area contributed by atoms with Gasteiger partial charge in [-0.15, -0.1) is 0 Å². The molecule has 0 radical (unpaired) electrons. The van der Waals surface area contributed by atoms with Gasteiger partial charge in [0.1, 0.15) is 0 Å². The molecule has 1 fully saturated rings. The Morgan fingerprint density at radius 2 is 2.29 bits per heavy atom. The van der Waals surface area contributed by atoms with Crippen LogP contribution in [0.4, 0.5) is 0 Å². The molecular formula is C10H20N2O2. The van der Waals surface area contributed by atoms with E-state index >= 15 is 0 Å². The van der Waals surface area contributed by atoms with Crippen molar-refractivity contribution in [1.82, 2.24) is 10.6 Å². The lowest BCUT2D eigenvalue weighted by Gasteiger charge is -2.31. The summed E-state index contributed by atoms with van der Waals surface area (Å²) in [5.41, 5.74) is 0. The van der Waals surface area contributed by atoms with Crippen LogP contribution in [0.15, 0.2) is 0 Å². The number of hydrogen-bond donors (Lipinski definition) is 2. The monoisotopic (exact) mass is 200 g/mol. The van der Waals surface area contributed by atoms with E-state index in [1.807, 2.05) is 6.92 Å². The molecule has 2 N–H and O–H groups in total. The second-order valence-electron chi connectivity index (χ2n) is 3.95. The van der Waals surface area contributed by atoms with Crippen molar-refractivity contribution >= 4 is 5.91 Å². The fourth-order valence-corrected chi connectivity index (χ4v) is 1.74. The average Bonchev–Trinajstić information content (AvgIpc) is 2.20. The Kier molecular flexibility index (Phi) is 4.35. The van der Waals surface area contributed by atoms with Crippen molar-refractivity contribution in [3.8, 4) is 0 Å². The number of amides is 1. The first-order valence-electron chi connectivity index (χ1n) is 5.20. The Bertz CT molecular complexity index is 197. The number of likely N-dealkylation sites (N-methyl/N-ethyl adjacent to an activating group) is 1. The van der Waals surface area contributed by atoms with Crippen LogP contribution in [0, 0.1) is 5.92 Å². The summed E-state index contributed by atoms with van der Waals surface area (Å²) >= 11 is 0. The summed E-state index contributed by atoms with van der Waals surface area (Å²) in [6, 6.07) is 0.279. The van der Waals surface area contributed by atoms with Crippen LogP contribution in [-0.4, -0.2) is 38.3 Å². The summed E-state index contributed by atoms with van der Waals surface area (Å²) in [4.78, 5) is 11.3. The van der Waals surface area contributed by atoms with Gasteiger partial charge in [0.2, 0.25) is 5.91 Å². The first-order chi connectivity index (χ1) is 6.65. The maximum absolute atomic E-state index is 11.3. The Morgan fingerprint density at radius 1 is 1.57 bits per heavy atom. The molecule has 0 aromatic rings. The van der Waals surface area contributed by atoms with Crippen molar-refractivity contribution in [3.05, 3.63) is 0 Å². The summed E-state index contributed by atoms with van der Waals surface area (Å²) in [7, 11) is 1.66. The van der Waals surface area contributed by atoms with E-state index in [2.05, 4.69) is 17.6 Å². The van der Waals surface area contributed by atoms with E-state index in [1.165, 1.54) is 0 Å². The molecule has 2 unspecified atom stereocenters. The molecule has 0 bridgehead atoms. The molecular weight excluding hydrogens is 180 g/mol. The molecule has 4 nitrogen and oxygen atoms in total. The Balaban J connectivity index is 2.38. The van der Waals surface area contributed by atoms with Crippen LogP contribution in [0.25, 0.3) is 0 Å². The molecule has 1 heterocycles. The number of rotatable bonds is 3. The molecule has 0 aliphatic carbocycles. The topological polar surface area (TPSA) is 50.4 Å². The molecule has 82 valence electrons. The maximum atomic E-state index is 11.3. The molecule has 1 amide bonds. The Hall–Kier alpha value is -0.610. The first kappa shape index (κ1) is 11.5. The van der Waals surface area contributed by atoms with Crippen molar-refractivity contribution in [2.24, 2.45) is 5.92 Å². The first-order valence-corrected chi connectivity index (χ1v) is 5.20. The summed E-state index contributed by atoms with van der Waals surface area (Å²) in [6.07, 6.45) is 0.989. The summed E-state index contributed by atoms with van der Waals surface area (Å²) in [6.45, 7) is 5.62. The smallest absolute Gasteiger partial charge is 0.236 e. The molecule has 14 heavy (non-hydrogen) atoms. The molecule has 0 aromatic carbocycles. The van der Waals surface area contributed by atoms with E-state index in [9.17, 15) is 4.79 Å². The summed E-state index contributed by atoms with van der Waals surface area (Å²) in [5.74, 6) is 0.527. The molecule has 1 aliphatic rings. The van der Waals surface area contributed by atoms with Gasteiger partial charge in [0, 0.05) is 19.7 Å². The second-order valence-corrected chi connectivity index (χ2v) is 3.95. The van der Waals surface area contributed by atoms with Gasteiger partial charge in [-0.05, 0) is 19.3 Å². The normalized spacial score (nSPS) is 29.6. The quantitative estimate of drug-likeness (QED) is 0.681. The predicted octanol–water partition coefficient (Wildman–Crippen LogP) is 0.135. The third-order valence-corrected chi connectivity index (χ3v) is 2.74. The van der Waals surface area contributed by atoms with E-state index in [1.54, 1.807) is 7.05 Å². The highest BCUT2D eigenvalue weighted by atomic mass is 16.5. The minimum absolute atomic E-state index is 0.0451. The van der Waals surface area contributed by atoms with E-state index < -0.39 is 0 Å². The number of hydrogen-bond acceptors (Lipinski definition) is 3. The van der Waals surface area contributed by atoms with Crippen LogP contribution in [-0.2, 0) is 9.53 Å². The zero-order valence-electron chi connectivity index (χ0n) is 9.17. The van der Waals surface area contributed by atoms with Gasteiger partial charge in [0.15, 0.2) is 0 Å². The molecule has 0 saturated carbocycles. The fourth-order valence-electron chi connectivity index (χ4n) is 1.74. The highest BCUT2D eigenvalue weighted by Crippen LogP contribution is 2.14. The summed E-state index contributed by atoms with van der Waals surface area (Å²) in [5, 5.41) is 5.96. The van der Waals surface area contributed by atoms with Crippen molar-refractivity contribution in [2.45, 2.75) is 32.4 Å². The zero-order chi connectivity index (χ0) is 10.6. The standard InChI is InChI=1S/C10H20N2O2/c1-7-6-14-5-4-9(7)12-8(2)10(13)11-3/h7-9,12H,4-6H2,1-3H3,(H,11,13)/t7?,8-,9?/m1/s1. The number of ether oxygens (including phenoxy) is 1. The van der Waals surface area contributed by atoms with E-state index in [4.69, 9.17) is 4.74 Å². The average molecular weight is 200 g/mol. The van der Waals surface area contributed by atoms with E-state index in [0.717, 1.165) is 19.6 Å². The van der Waals surface area contributed by atoms with Crippen LogP contribution >= 0.6 is 0 Å². The predicted molar refractivity (Wildman–Crippen MR) is 55.1 cm³/mol. The van der Waals surface area contributed by atoms with Crippen molar-refractivity contribution in [3.63, 3.8) is 0 Å². The highest BCUT2D eigenvalue weighted by molar-refractivity contribution is 5.80. The van der Waals surface area contributed by atoms with Gasteiger partial charge < -0.3 is 15.4 Å². The zero-order valence-corrected chi connectivity index (χ0v) is 9.17. The van der Waals surface area contributed by atoms with E-state index in [-0.39, 0.29) is 11.9 Å². The molecule has 0 aromatic heterocycles. The molecule has 1 aliphatic heterocycles. The minimum Gasteiger partial charge on any atom is -0.381 e. The lowest BCUT2D eigenvalue weighted by molar-refractivity contribution is -0.122. The molecule has 3 atom stereocenters. The Labute approximate surface area is 85.4 Å². The lowest BCUT2D eigenvalue weighted by atomic mass is 9.97. The van der Waals surface area contributed by atoms with Crippen LogP contribution in [0.3, 0.4) is 0 Å². The van der Waals surface area contributed by atoms with Gasteiger partial charge in [-0.3, -0.25) is 4.79 Å². The number of nitrogens with one attached hydrogen (secondary N) is 2. The SMILES string of the molecule is CNC(=O)[C@@H](C)NC1CCOCC1C. The van der Waals surface area contributed by atoms with Gasteiger partial charge in [0.05, 0.1) is 12.6 Å². The van der Waals surface area contributed by atoms with Crippen molar-refractivity contribution in [1.29, 1.82) is 0 Å². The van der Waals surface area contributed by atoms with Gasteiger partial charge in [-0.1, -0.05) is 6.92 Å². The number of carbonyl (C=O) groups excluding carboxylic acids is 1. The number of carbonyl (C=O) groups is 1. The van der Waals surface area contributed by atoms with Gasteiger partial charge in [-0.25, -0.2) is 0 Å². The van der Waals surface area contributed by atoms with Crippen molar-refractivity contribution < 1.29 is 9.53 Å². The second kappa shape index (κ2) is 5.32. The van der Waals surface area contributed by atoms with Crippen LogP contribution < -0.4 is 10.6 Å². The molecule has 1 rings (SSSR count). The molecule has 1 saturated heterocycles. The third kappa shape index (κ3) is 2.96. The molecule has 4 heteroatoms. The minimum atomic E-state index is -0.120. The largest absolute Gasteiger partial charge is 0.381 e. The van der Waals surface area contributed by atoms with Crippen LogP contribution in [0.1, 0.15) is 20.3 Å². The fraction of sp³-hybridized carbons (Fsp3) is 0.900. The van der Waals surface area contributed by atoms with Gasteiger partial charge in [0.25, 0.3) is 0 Å². The van der Waals surface area contributed by atoms with Crippen LogP contribution in [0.5, 0.6) is 0 Å². The maximum Gasteiger partial charge on any atom is 0.236 e. The third-order valence-electron chi connectivity index (χ3n) is 2.74. The van der Waals surface area contributed by atoms with Gasteiger partial charge in [-0.2, -0.15) is 0 Å². The highest BCUT2D eigenvalue weighted by Gasteiger charge is 2.24. The lowest BCUT2D eigenvalue weighted by Crippen LogP contribution is -2.50. The van der Waals surface area contributed by atoms with Crippen molar-refractivity contribution in [2.75, 3.05) is 20.3 Å². The Morgan fingerprint density at radius 3 is 2.86 bits per heavy atom.